The molecule has 0 saturated heterocycles. The summed E-state index contributed by atoms with van der Waals surface area (Å²) < 4.78 is 0. The van der Waals surface area contributed by atoms with Crippen LogP contribution in [-0.4, -0.2) is 16.3 Å². The topological polar surface area (TPSA) is 42.0 Å². The zero-order valence-corrected chi connectivity index (χ0v) is 14.4. The summed E-state index contributed by atoms with van der Waals surface area (Å²) in [7, 11) is 0. The Kier molecular flexibility index (Phi) is 3.65. The summed E-state index contributed by atoms with van der Waals surface area (Å²) in [6.45, 7) is 4.31. The Morgan fingerprint density at radius 1 is 1.12 bits per heavy atom. The van der Waals surface area contributed by atoms with Gasteiger partial charge in [-0.3, -0.25) is 9.78 Å². The third-order valence-corrected chi connectivity index (χ3v) is 4.58. The van der Waals surface area contributed by atoms with E-state index in [-0.39, 0.29) is 11.3 Å². The summed E-state index contributed by atoms with van der Waals surface area (Å²) in [6, 6.07) is 17.8. The highest BCUT2D eigenvalue weighted by atomic mass is 16.1. The second-order valence-electron chi connectivity index (χ2n) is 7.18. The number of rotatable bonds is 2. The minimum atomic E-state index is -0.0756. The van der Waals surface area contributed by atoms with Crippen LogP contribution in [0.2, 0.25) is 0 Å². The highest BCUT2D eigenvalue weighted by Crippen LogP contribution is 2.29. The van der Waals surface area contributed by atoms with Crippen molar-refractivity contribution in [3.05, 3.63) is 83.6 Å². The van der Waals surface area contributed by atoms with Gasteiger partial charge in [-0.05, 0) is 50.1 Å². The van der Waals surface area contributed by atoms with Gasteiger partial charge in [0.25, 0.3) is 0 Å². The Balaban J connectivity index is 1.75. The van der Waals surface area contributed by atoms with Crippen molar-refractivity contribution in [3.8, 4) is 0 Å². The number of carbonyl (C=O) groups excluding carboxylic acids is 1. The molecule has 2 heterocycles. The van der Waals surface area contributed by atoms with Crippen molar-refractivity contribution < 1.29 is 4.79 Å². The van der Waals surface area contributed by atoms with Crippen LogP contribution in [0.4, 0.5) is 0 Å². The number of hydrogen-bond donors (Lipinski definition) is 1. The molecule has 0 bridgehead atoms. The first-order valence-corrected chi connectivity index (χ1v) is 8.49. The Morgan fingerprint density at radius 3 is 2.84 bits per heavy atom. The molecule has 1 aliphatic rings. The summed E-state index contributed by atoms with van der Waals surface area (Å²) >= 11 is 0. The molecule has 124 valence electrons. The third kappa shape index (κ3) is 3.05. The van der Waals surface area contributed by atoms with Gasteiger partial charge in [-0.2, -0.15) is 0 Å². The van der Waals surface area contributed by atoms with Gasteiger partial charge in [0, 0.05) is 40.0 Å². The van der Waals surface area contributed by atoms with Crippen molar-refractivity contribution in [1.29, 1.82) is 0 Å². The average Bonchev–Trinajstić information content (AvgIpc) is 2.60. The number of pyridine rings is 1. The van der Waals surface area contributed by atoms with Crippen molar-refractivity contribution in [2.24, 2.45) is 0 Å². The lowest BCUT2D eigenvalue weighted by atomic mass is 9.85. The third-order valence-electron chi connectivity index (χ3n) is 4.58. The molecule has 0 spiro atoms. The van der Waals surface area contributed by atoms with Gasteiger partial charge in [0.2, 0.25) is 0 Å². The van der Waals surface area contributed by atoms with Gasteiger partial charge in [0.15, 0.2) is 5.78 Å². The first-order valence-electron chi connectivity index (χ1n) is 8.49. The van der Waals surface area contributed by atoms with E-state index in [0.717, 1.165) is 28.6 Å². The molecule has 2 aromatic carbocycles. The van der Waals surface area contributed by atoms with Crippen LogP contribution in [0.1, 0.15) is 35.3 Å². The Bertz CT molecular complexity index is 1000. The maximum absolute atomic E-state index is 12.8. The zero-order chi connectivity index (χ0) is 17.4. The van der Waals surface area contributed by atoms with Crippen LogP contribution in [0.15, 0.2) is 66.9 Å². The van der Waals surface area contributed by atoms with Crippen LogP contribution in [0.3, 0.4) is 0 Å². The number of fused-ring (bicyclic) bond motifs is 2. The Morgan fingerprint density at radius 2 is 1.96 bits per heavy atom. The number of nitrogens with zero attached hydrogens (tertiary/aromatic N) is 1. The van der Waals surface area contributed by atoms with Crippen LogP contribution in [0, 0.1) is 0 Å². The number of allylic oxidation sites excluding steroid dienone is 1. The number of nitrogens with one attached hydrogen (secondary N) is 1. The quantitative estimate of drug-likeness (QED) is 0.560. The van der Waals surface area contributed by atoms with Gasteiger partial charge in [0.1, 0.15) is 0 Å². The van der Waals surface area contributed by atoms with E-state index < -0.39 is 0 Å². The molecule has 1 N–H and O–H groups in total. The number of hydrogen-bond acceptors (Lipinski definition) is 3. The standard InChI is InChI=1S/C22H20N2O/c1-22(2)14-17-6-3-4-8-18(17)20(24-22)13-21(25)16-9-10-19-15(12-16)7-5-11-23-19/h3-13,24H,14H2,1-2H3. The van der Waals surface area contributed by atoms with Gasteiger partial charge in [-0.1, -0.05) is 30.3 Å². The van der Waals surface area contributed by atoms with E-state index in [9.17, 15) is 4.79 Å². The zero-order valence-electron chi connectivity index (χ0n) is 14.4. The molecule has 0 radical (unpaired) electrons. The average molecular weight is 328 g/mol. The van der Waals surface area contributed by atoms with Gasteiger partial charge in [0.05, 0.1) is 5.52 Å². The largest absolute Gasteiger partial charge is 0.379 e. The molecule has 0 unspecified atom stereocenters. The molecule has 3 heteroatoms. The number of ketones is 1. The van der Waals surface area contributed by atoms with E-state index in [4.69, 9.17) is 0 Å². The molecule has 1 aliphatic heterocycles. The second-order valence-corrected chi connectivity index (χ2v) is 7.18. The molecule has 25 heavy (non-hydrogen) atoms. The molecular weight excluding hydrogens is 308 g/mol. The predicted octanol–water partition coefficient (Wildman–Crippen LogP) is 4.38. The number of aromatic nitrogens is 1. The summed E-state index contributed by atoms with van der Waals surface area (Å²) in [5.74, 6) is 0.000700. The lowest BCUT2D eigenvalue weighted by Crippen LogP contribution is -2.43. The van der Waals surface area contributed by atoms with Crippen LogP contribution in [0.25, 0.3) is 16.6 Å². The van der Waals surface area contributed by atoms with E-state index in [1.165, 1.54) is 5.56 Å². The van der Waals surface area contributed by atoms with Crippen LogP contribution in [-0.2, 0) is 6.42 Å². The monoisotopic (exact) mass is 328 g/mol. The van der Waals surface area contributed by atoms with Gasteiger partial charge in [-0.25, -0.2) is 0 Å². The maximum Gasteiger partial charge on any atom is 0.187 e. The van der Waals surface area contributed by atoms with Crippen molar-refractivity contribution in [2.75, 3.05) is 0 Å². The molecule has 1 aromatic heterocycles. The first-order chi connectivity index (χ1) is 12.0. The van der Waals surface area contributed by atoms with E-state index in [1.807, 2.05) is 36.4 Å². The summed E-state index contributed by atoms with van der Waals surface area (Å²) in [5, 5.41) is 4.49. The van der Waals surface area contributed by atoms with Gasteiger partial charge >= 0.3 is 0 Å². The molecule has 0 fully saturated rings. The van der Waals surface area contributed by atoms with Crippen molar-refractivity contribution in [3.63, 3.8) is 0 Å². The predicted molar refractivity (Wildman–Crippen MR) is 101 cm³/mol. The minimum absolute atomic E-state index is 0.000700. The van der Waals surface area contributed by atoms with Crippen molar-refractivity contribution >= 4 is 22.4 Å². The van der Waals surface area contributed by atoms with Crippen LogP contribution >= 0.6 is 0 Å². The summed E-state index contributed by atoms with van der Waals surface area (Å²) in [5.41, 5.74) is 4.77. The lowest BCUT2D eigenvalue weighted by Gasteiger charge is -2.35. The summed E-state index contributed by atoms with van der Waals surface area (Å²) in [4.78, 5) is 17.1. The normalized spacial score (nSPS) is 17.1. The van der Waals surface area contributed by atoms with Gasteiger partial charge in [-0.15, -0.1) is 0 Å². The Labute approximate surface area is 147 Å². The molecule has 0 amide bonds. The fourth-order valence-corrected chi connectivity index (χ4v) is 3.45. The Hall–Kier alpha value is -2.94. The fraction of sp³-hybridized carbons (Fsp3) is 0.182. The molecular formula is C22H20N2O. The minimum Gasteiger partial charge on any atom is -0.379 e. The number of benzene rings is 2. The van der Waals surface area contributed by atoms with E-state index in [1.54, 1.807) is 12.3 Å². The summed E-state index contributed by atoms with van der Waals surface area (Å²) in [6.07, 6.45) is 4.42. The van der Waals surface area contributed by atoms with Gasteiger partial charge < -0.3 is 5.32 Å². The highest BCUT2D eigenvalue weighted by Gasteiger charge is 2.27. The highest BCUT2D eigenvalue weighted by molar-refractivity contribution is 6.10. The fourth-order valence-electron chi connectivity index (χ4n) is 3.45. The van der Waals surface area contributed by atoms with E-state index in [0.29, 0.717) is 5.56 Å². The van der Waals surface area contributed by atoms with Crippen LogP contribution < -0.4 is 5.32 Å². The van der Waals surface area contributed by atoms with E-state index >= 15 is 0 Å². The van der Waals surface area contributed by atoms with Crippen molar-refractivity contribution in [2.45, 2.75) is 25.8 Å². The first kappa shape index (κ1) is 15.6. The molecule has 0 aliphatic carbocycles. The SMILES string of the molecule is CC1(C)Cc2ccccc2C(=CC(=O)c2ccc3ncccc3c2)N1. The van der Waals surface area contributed by atoms with Crippen LogP contribution in [0.5, 0.6) is 0 Å². The molecule has 3 aromatic rings. The molecule has 0 saturated carbocycles. The molecule has 0 atom stereocenters. The smallest absolute Gasteiger partial charge is 0.187 e. The van der Waals surface area contributed by atoms with E-state index in [2.05, 4.69) is 42.3 Å². The maximum atomic E-state index is 12.8. The molecule has 4 rings (SSSR count). The second kappa shape index (κ2) is 5.85. The molecule has 3 nitrogen and oxygen atoms in total. The van der Waals surface area contributed by atoms with Crippen molar-refractivity contribution in [1.82, 2.24) is 10.3 Å². The lowest BCUT2D eigenvalue weighted by molar-refractivity contribution is 0.104. The number of carbonyl (C=O) groups is 1.